The second-order valence-corrected chi connectivity index (χ2v) is 9.49. The van der Waals surface area contributed by atoms with Crippen molar-refractivity contribution in [1.29, 1.82) is 0 Å². The number of hydrogen-bond acceptors (Lipinski definition) is 5. The highest BCUT2D eigenvalue weighted by atomic mass is 32.2. The van der Waals surface area contributed by atoms with Crippen LogP contribution in [0.2, 0.25) is 0 Å². The Labute approximate surface area is 176 Å². The molecule has 0 bridgehead atoms. The van der Waals surface area contributed by atoms with Crippen LogP contribution in [0.4, 0.5) is 5.69 Å². The van der Waals surface area contributed by atoms with Gasteiger partial charge < -0.3 is 9.64 Å². The SMILES string of the molecule is C[C@H](OC(=O)c1ccc(S(=O)(=O)N2CCCC2)cc1)C(=O)N1CCc2ccccc21. The van der Waals surface area contributed by atoms with E-state index in [9.17, 15) is 18.0 Å². The van der Waals surface area contributed by atoms with Crippen LogP contribution in [-0.2, 0) is 26.0 Å². The molecule has 2 aromatic carbocycles. The molecule has 2 aromatic rings. The molecule has 0 aromatic heterocycles. The van der Waals surface area contributed by atoms with Crippen LogP contribution >= 0.6 is 0 Å². The highest BCUT2D eigenvalue weighted by molar-refractivity contribution is 7.89. The van der Waals surface area contributed by atoms with Crippen molar-refractivity contribution in [2.75, 3.05) is 24.5 Å². The molecular weight excluding hydrogens is 404 g/mol. The van der Waals surface area contributed by atoms with Crippen molar-refractivity contribution >= 4 is 27.6 Å². The Hall–Kier alpha value is -2.71. The van der Waals surface area contributed by atoms with Crippen LogP contribution in [-0.4, -0.2) is 50.3 Å². The molecular formula is C22H24N2O5S. The van der Waals surface area contributed by atoms with E-state index in [-0.39, 0.29) is 16.4 Å². The quantitative estimate of drug-likeness (QED) is 0.684. The summed E-state index contributed by atoms with van der Waals surface area (Å²) < 4.78 is 32.0. The number of sulfonamides is 1. The topological polar surface area (TPSA) is 84.0 Å². The smallest absolute Gasteiger partial charge is 0.338 e. The summed E-state index contributed by atoms with van der Waals surface area (Å²) in [5.41, 5.74) is 2.15. The number of carbonyl (C=O) groups is 2. The van der Waals surface area contributed by atoms with Gasteiger partial charge in [-0.3, -0.25) is 4.79 Å². The highest BCUT2D eigenvalue weighted by Crippen LogP contribution is 2.28. The number of ether oxygens (including phenoxy) is 1. The second kappa shape index (κ2) is 8.20. The number of rotatable bonds is 5. The van der Waals surface area contributed by atoms with Crippen LogP contribution in [0.5, 0.6) is 0 Å². The molecule has 0 unspecified atom stereocenters. The van der Waals surface area contributed by atoms with Crippen molar-refractivity contribution < 1.29 is 22.7 Å². The maximum Gasteiger partial charge on any atom is 0.338 e. The third-order valence-corrected chi connectivity index (χ3v) is 7.49. The Kier molecular flexibility index (Phi) is 5.62. The first kappa shape index (κ1) is 20.6. The molecule has 1 fully saturated rings. The highest BCUT2D eigenvalue weighted by Gasteiger charge is 2.30. The molecule has 0 radical (unpaired) electrons. The van der Waals surface area contributed by atoms with Gasteiger partial charge in [0.15, 0.2) is 6.10 Å². The molecule has 7 nitrogen and oxygen atoms in total. The lowest BCUT2D eigenvalue weighted by atomic mass is 10.2. The minimum absolute atomic E-state index is 0.152. The van der Waals surface area contributed by atoms with E-state index in [4.69, 9.17) is 4.74 Å². The summed E-state index contributed by atoms with van der Waals surface area (Å²) in [6, 6.07) is 13.3. The Morgan fingerprint density at radius 3 is 2.33 bits per heavy atom. The Morgan fingerprint density at radius 1 is 0.967 bits per heavy atom. The van der Waals surface area contributed by atoms with E-state index >= 15 is 0 Å². The molecule has 2 aliphatic rings. The number of hydrogen-bond donors (Lipinski definition) is 0. The summed E-state index contributed by atoms with van der Waals surface area (Å²) in [6.45, 7) is 3.15. The fourth-order valence-electron chi connectivity index (χ4n) is 3.91. The van der Waals surface area contributed by atoms with Crippen molar-refractivity contribution in [2.24, 2.45) is 0 Å². The van der Waals surface area contributed by atoms with E-state index in [0.717, 1.165) is 30.5 Å². The number of amides is 1. The summed E-state index contributed by atoms with van der Waals surface area (Å²) in [5, 5.41) is 0. The van der Waals surface area contributed by atoms with E-state index in [2.05, 4.69) is 0 Å². The van der Waals surface area contributed by atoms with Crippen LogP contribution in [0.1, 0.15) is 35.7 Å². The number of nitrogens with zero attached hydrogens (tertiary/aromatic N) is 2. The zero-order chi connectivity index (χ0) is 21.3. The lowest BCUT2D eigenvalue weighted by Gasteiger charge is -2.21. The summed E-state index contributed by atoms with van der Waals surface area (Å²) in [6.07, 6.45) is 1.54. The van der Waals surface area contributed by atoms with Crippen molar-refractivity contribution in [3.8, 4) is 0 Å². The van der Waals surface area contributed by atoms with Crippen LogP contribution in [0.15, 0.2) is 53.4 Å². The van der Waals surface area contributed by atoms with Gasteiger partial charge in [0.1, 0.15) is 0 Å². The standard InChI is InChI=1S/C22H24N2O5S/c1-16(21(25)24-15-12-17-6-2-3-7-20(17)24)29-22(26)18-8-10-19(11-9-18)30(27,28)23-13-4-5-14-23/h2-3,6-11,16H,4-5,12-15H2,1H3/t16-/m0/s1. The van der Waals surface area contributed by atoms with Gasteiger partial charge in [0.25, 0.3) is 5.91 Å². The minimum atomic E-state index is -3.54. The number of benzene rings is 2. The van der Waals surface area contributed by atoms with E-state index in [1.54, 1.807) is 11.8 Å². The number of para-hydroxylation sites is 1. The van der Waals surface area contributed by atoms with Gasteiger partial charge in [0.2, 0.25) is 10.0 Å². The van der Waals surface area contributed by atoms with E-state index in [1.807, 2.05) is 24.3 Å². The molecule has 4 rings (SSSR count). The molecule has 1 amide bonds. The Morgan fingerprint density at radius 2 is 1.63 bits per heavy atom. The zero-order valence-electron chi connectivity index (χ0n) is 16.8. The first-order valence-corrected chi connectivity index (χ1v) is 11.5. The maximum absolute atomic E-state index is 12.8. The van der Waals surface area contributed by atoms with Crippen molar-refractivity contribution in [1.82, 2.24) is 4.31 Å². The molecule has 30 heavy (non-hydrogen) atoms. The van der Waals surface area contributed by atoms with Crippen molar-refractivity contribution in [2.45, 2.75) is 37.2 Å². The van der Waals surface area contributed by atoms with Gasteiger partial charge in [0, 0.05) is 25.3 Å². The van der Waals surface area contributed by atoms with Gasteiger partial charge in [0.05, 0.1) is 10.5 Å². The molecule has 2 aliphatic heterocycles. The van der Waals surface area contributed by atoms with Crippen LogP contribution in [0, 0.1) is 0 Å². The third kappa shape index (κ3) is 3.85. The molecule has 0 spiro atoms. The average molecular weight is 429 g/mol. The fraction of sp³-hybridized carbons (Fsp3) is 0.364. The summed E-state index contributed by atoms with van der Waals surface area (Å²) in [4.78, 5) is 27.0. The molecule has 8 heteroatoms. The van der Waals surface area contributed by atoms with Gasteiger partial charge in [-0.1, -0.05) is 18.2 Å². The van der Waals surface area contributed by atoms with Crippen molar-refractivity contribution in [3.63, 3.8) is 0 Å². The lowest BCUT2D eigenvalue weighted by Crippen LogP contribution is -2.39. The molecule has 0 N–H and O–H groups in total. The van der Waals surface area contributed by atoms with Gasteiger partial charge >= 0.3 is 5.97 Å². The molecule has 0 saturated carbocycles. The van der Waals surface area contributed by atoms with Crippen LogP contribution in [0.25, 0.3) is 0 Å². The van der Waals surface area contributed by atoms with Gasteiger partial charge in [-0.25, -0.2) is 13.2 Å². The predicted octanol–water partition coefficient (Wildman–Crippen LogP) is 2.61. The number of esters is 1. The second-order valence-electron chi connectivity index (χ2n) is 7.55. The molecule has 158 valence electrons. The monoisotopic (exact) mass is 428 g/mol. The first-order valence-electron chi connectivity index (χ1n) is 10.1. The zero-order valence-corrected chi connectivity index (χ0v) is 17.6. The lowest BCUT2D eigenvalue weighted by molar-refractivity contribution is -0.126. The fourth-order valence-corrected chi connectivity index (χ4v) is 5.42. The van der Waals surface area contributed by atoms with Gasteiger partial charge in [-0.05, 0) is 62.1 Å². The normalized spacial score (nSPS) is 17.6. The van der Waals surface area contributed by atoms with Crippen molar-refractivity contribution in [3.05, 3.63) is 59.7 Å². The molecule has 2 heterocycles. The predicted molar refractivity (Wildman–Crippen MR) is 112 cm³/mol. The van der Waals surface area contributed by atoms with Gasteiger partial charge in [-0.15, -0.1) is 0 Å². The number of carbonyl (C=O) groups excluding carboxylic acids is 2. The first-order chi connectivity index (χ1) is 14.4. The number of fused-ring (bicyclic) bond motifs is 1. The van der Waals surface area contributed by atoms with E-state index < -0.39 is 22.1 Å². The van der Waals surface area contributed by atoms with E-state index in [1.165, 1.54) is 28.6 Å². The summed E-state index contributed by atoms with van der Waals surface area (Å²) >= 11 is 0. The molecule has 1 saturated heterocycles. The largest absolute Gasteiger partial charge is 0.449 e. The minimum Gasteiger partial charge on any atom is -0.449 e. The van der Waals surface area contributed by atoms with E-state index in [0.29, 0.717) is 19.6 Å². The average Bonchev–Trinajstić information content (AvgIpc) is 3.44. The maximum atomic E-state index is 12.8. The third-order valence-electron chi connectivity index (χ3n) is 5.58. The Bertz CT molecular complexity index is 1060. The van der Waals surface area contributed by atoms with Crippen LogP contribution in [0.3, 0.4) is 0 Å². The Balaban J connectivity index is 1.42. The summed E-state index contributed by atoms with van der Waals surface area (Å²) in [7, 11) is -3.54. The van der Waals surface area contributed by atoms with Crippen LogP contribution < -0.4 is 4.90 Å². The summed E-state index contributed by atoms with van der Waals surface area (Å²) in [5.74, 6) is -0.935. The van der Waals surface area contributed by atoms with Gasteiger partial charge in [-0.2, -0.15) is 4.31 Å². The number of anilines is 1. The molecule has 1 atom stereocenters. The molecule has 0 aliphatic carbocycles.